The average molecular weight is 603 g/mol. The lowest BCUT2D eigenvalue weighted by molar-refractivity contribution is -0.120. The molecule has 1 aliphatic heterocycles. The van der Waals surface area contributed by atoms with E-state index in [-0.39, 0.29) is 22.8 Å². The highest BCUT2D eigenvalue weighted by Gasteiger charge is 2.54. The number of nitrogens with zero attached hydrogens (tertiary/aromatic N) is 1. The molecule has 0 saturated heterocycles. The SMILES string of the molecule is CC(C)(C)[Si](C)(C)OC1CCC2(C1)C(=O)Nc1cc(C(=O)Nc3ccc(OC(F)(F)Cl)cc3)cc(-c3ccn[nH]3)c12. The lowest BCUT2D eigenvalue weighted by Crippen LogP contribution is -2.44. The Kier molecular flexibility index (Phi) is 7.28. The highest BCUT2D eigenvalue weighted by atomic mass is 35.5. The van der Waals surface area contributed by atoms with Crippen LogP contribution >= 0.6 is 11.6 Å². The van der Waals surface area contributed by atoms with Crippen molar-refractivity contribution < 1.29 is 27.5 Å². The quantitative estimate of drug-likeness (QED) is 0.195. The Labute approximate surface area is 243 Å². The monoisotopic (exact) mass is 602 g/mol. The summed E-state index contributed by atoms with van der Waals surface area (Å²) in [5.41, 5.74) is -1.12. The van der Waals surface area contributed by atoms with Gasteiger partial charge in [0.05, 0.1) is 11.1 Å². The van der Waals surface area contributed by atoms with Crippen molar-refractivity contribution in [3.05, 3.63) is 59.8 Å². The Bertz CT molecular complexity index is 1470. The van der Waals surface area contributed by atoms with Crippen LogP contribution < -0.4 is 15.4 Å². The van der Waals surface area contributed by atoms with Gasteiger partial charge in [-0.3, -0.25) is 14.7 Å². The summed E-state index contributed by atoms with van der Waals surface area (Å²) >= 11 is 4.82. The number of alkyl halides is 3. The van der Waals surface area contributed by atoms with E-state index in [1.807, 2.05) is 0 Å². The third kappa shape index (κ3) is 5.75. The number of hydrogen-bond donors (Lipinski definition) is 3. The van der Waals surface area contributed by atoms with Crippen molar-refractivity contribution in [2.75, 3.05) is 10.6 Å². The smallest absolute Gasteiger partial charge is 0.420 e. The largest absolute Gasteiger partial charge is 0.487 e. The zero-order chi connectivity index (χ0) is 29.8. The number of carbonyl (C=O) groups is 2. The molecule has 2 unspecified atom stereocenters. The molecule has 1 aliphatic carbocycles. The first-order valence-electron chi connectivity index (χ1n) is 13.4. The van der Waals surface area contributed by atoms with Crippen molar-refractivity contribution in [2.45, 2.75) is 75.3 Å². The number of amides is 2. The van der Waals surface area contributed by atoms with Gasteiger partial charge in [-0.15, -0.1) is 8.78 Å². The molecule has 3 N–H and O–H groups in total. The van der Waals surface area contributed by atoms with Crippen LogP contribution in [0.25, 0.3) is 11.3 Å². The van der Waals surface area contributed by atoms with E-state index in [1.165, 1.54) is 24.3 Å². The predicted molar refractivity (Wildman–Crippen MR) is 156 cm³/mol. The van der Waals surface area contributed by atoms with E-state index in [2.05, 4.69) is 59.4 Å². The van der Waals surface area contributed by atoms with E-state index >= 15 is 0 Å². The van der Waals surface area contributed by atoms with Gasteiger partial charge in [-0.25, -0.2) is 0 Å². The summed E-state index contributed by atoms with van der Waals surface area (Å²) in [7, 11) is -2.05. The van der Waals surface area contributed by atoms with Gasteiger partial charge in [0, 0.05) is 52.0 Å². The van der Waals surface area contributed by atoms with E-state index in [0.29, 0.717) is 41.0 Å². The Balaban J connectivity index is 1.45. The summed E-state index contributed by atoms with van der Waals surface area (Å²) in [4.78, 5) is 26.9. The van der Waals surface area contributed by atoms with Crippen molar-refractivity contribution >= 4 is 43.1 Å². The number of carbonyl (C=O) groups excluding carboxylic acids is 2. The van der Waals surface area contributed by atoms with Crippen LogP contribution in [0.3, 0.4) is 0 Å². The molecular weight excluding hydrogens is 570 g/mol. The van der Waals surface area contributed by atoms with Gasteiger partial charge in [0.25, 0.3) is 5.91 Å². The van der Waals surface area contributed by atoms with Gasteiger partial charge in [-0.05, 0) is 79.9 Å². The second-order valence-corrected chi connectivity index (χ2v) is 17.4. The van der Waals surface area contributed by atoms with Crippen molar-refractivity contribution in [1.82, 2.24) is 10.2 Å². The van der Waals surface area contributed by atoms with Crippen LogP contribution in [0.2, 0.25) is 18.1 Å². The number of aromatic amines is 1. The second kappa shape index (κ2) is 10.2. The molecule has 1 spiro atoms. The van der Waals surface area contributed by atoms with Crippen LogP contribution in [0, 0.1) is 0 Å². The van der Waals surface area contributed by atoms with Crippen LogP contribution in [0.5, 0.6) is 5.75 Å². The van der Waals surface area contributed by atoms with Gasteiger partial charge in [0.1, 0.15) is 5.75 Å². The Morgan fingerprint density at radius 2 is 1.88 bits per heavy atom. The molecule has 0 bridgehead atoms. The van der Waals surface area contributed by atoms with E-state index in [1.54, 1.807) is 24.4 Å². The zero-order valence-corrected chi connectivity index (χ0v) is 25.3. The maximum atomic E-state index is 13.6. The molecule has 8 nitrogen and oxygen atoms in total. The lowest BCUT2D eigenvalue weighted by Gasteiger charge is -2.38. The van der Waals surface area contributed by atoms with E-state index < -0.39 is 25.2 Å². The summed E-state index contributed by atoms with van der Waals surface area (Å²) in [5.74, 6) is -0.688. The molecule has 2 aromatic carbocycles. The molecule has 2 amide bonds. The number of rotatable bonds is 7. The number of halogens is 3. The zero-order valence-electron chi connectivity index (χ0n) is 23.5. The van der Waals surface area contributed by atoms with Crippen molar-refractivity contribution in [3.63, 3.8) is 0 Å². The third-order valence-corrected chi connectivity index (χ3v) is 13.0. The third-order valence-electron chi connectivity index (χ3n) is 8.44. The molecule has 3 aromatic rings. The van der Waals surface area contributed by atoms with Crippen LogP contribution in [-0.4, -0.2) is 42.0 Å². The summed E-state index contributed by atoms with van der Waals surface area (Å²) in [6.07, 6.45) is 3.53. The van der Waals surface area contributed by atoms with E-state index in [4.69, 9.17) is 16.0 Å². The Morgan fingerprint density at radius 1 is 1.17 bits per heavy atom. The number of hydrogen-bond acceptors (Lipinski definition) is 5. The fraction of sp³-hybridized carbons (Fsp3) is 0.414. The van der Waals surface area contributed by atoms with Crippen LogP contribution in [0.1, 0.15) is 56.0 Å². The Morgan fingerprint density at radius 3 is 2.49 bits per heavy atom. The standard InChI is InChI=1S/C29H33ClF2N4O4Si/c1-27(2,3)41(4,5)40-20-10-12-28(16-20)24-21(22-11-13-33-36-22)14-17(15-23(24)35-26(28)38)25(37)34-18-6-8-19(9-7-18)39-29(30,31)32/h6-9,11,13-15,20H,10,12,16H2,1-5H3,(H,33,36)(H,34,37)(H,35,38). The minimum absolute atomic E-state index is 0.0455. The number of aromatic nitrogens is 2. The minimum atomic E-state index is -3.84. The number of anilines is 2. The predicted octanol–water partition coefficient (Wildman–Crippen LogP) is 7.26. The molecule has 5 rings (SSSR count). The molecule has 1 aromatic heterocycles. The number of fused-ring (bicyclic) bond motifs is 2. The fourth-order valence-corrected chi connectivity index (χ4v) is 6.91. The summed E-state index contributed by atoms with van der Waals surface area (Å²) in [5, 5.41) is 12.9. The minimum Gasteiger partial charge on any atom is -0.420 e. The van der Waals surface area contributed by atoms with Crippen LogP contribution in [0.15, 0.2) is 48.7 Å². The first-order chi connectivity index (χ1) is 19.1. The maximum Gasteiger partial charge on any atom is 0.487 e. The number of benzene rings is 2. The second-order valence-electron chi connectivity index (χ2n) is 12.2. The average Bonchev–Trinajstić information content (AvgIpc) is 3.59. The molecule has 2 heterocycles. The van der Waals surface area contributed by atoms with Crippen molar-refractivity contribution in [2.24, 2.45) is 0 Å². The lowest BCUT2D eigenvalue weighted by atomic mass is 9.76. The number of H-pyrrole nitrogens is 1. The van der Waals surface area contributed by atoms with Gasteiger partial charge in [0.2, 0.25) is 5.91 Å². The fourth-order valence-electron chi connectivity index (χ4n) is 5.43. The highest BCUT2D eigenvalue weighted by Crippen LogP contribution is 2.54. The summed E-state index contributed by atoms with van der Waals surface area (Å²) in [6, 6.07) is 10.6. The first kappa shape index (κ1) is 29.2. The normalized spacial score (nSPS) is 20.7. The maximum absolute atomic E-state index is 13.6. The summed E-state index contributed by atoms with van der Waals surface area (Å²) in [6.45, 7) is 11.0. The van der Waals surface area contributed by atoms with Crippen molar-refractivity contribution in [3.8, 4) is 17.0 Å². The molecule has 1 saturated carbocycles. The van der Waals surface area contributed by atoms with Gasteiger partial charge >= 0.3 is 5.57 Å². The molecule has 218 valence electrons. The van der Waals surface area contributed by atoms with E-state index in [0.717, 1.165) is 12.0 Å². The molecule has 2 atom stereocenters. The van der Waals surface area contributed by atoms with Gasteiger partial charge < -0.3 is 19.8 Å². The topological polar surface area (TPSA) is 105 Å². The van der Waals surface area contributed by atoms with Crippen LogP contribution in [0.4, 0.5) is 20.2 Å². The summed E-state index contributed by atoms with van der Waals surface area (Å²) < 4.78 is 36.9. The van der Waals surface area contributed by atoms with Crippen molar-refractivity contribution in [1.29, 1.82) is 0 Å². The molecular formula is C29H33ClF2N4O4Si. The molecule has 41 heavy (non-hydrogen) atoms. The number of ether oxygens (including phenoxy) is 1. The number of nitrogens with one attached hydrogen (secondary N) is 3. The molecule has 2 aliphatic rings. The van der Waals surface area contributed by atoms with Gasteiger partial charge in [0.15, 0.2) is 8.32 Å². The van der Waals surface area contributed by atoms with Crippen LogP contribution in [-0.2, 0) is 14.6 Å². The van der Waals surface area contributed by atoms with Gasteiger partial charge in [-0.2, -0.15) is 5.10 Å². The Hall–Kier alpha value is -3.28. The van der Waals surface area contributed by atoms with Gasteiger partial charge in [-0.1, -0.05) is 20.8 Å². The molecule has 1 fully saturated rings. The first-order valence-corrected chi connectivity index (χ1v) is 16.7. The van der Waals surface area contributed by atoms with E-state index in [9.17, 15) is 18.4 Å². The molecule has 0 radical (unpaired) electrons. The highest BCUT2D eigenvalue weighted by molar-refractivity contribution is 6.74. The molecule has 12 heteroatoms.